The van der Waals surface area contributed by atoms with Crippen LogP contribution in [0.25, 0.3) is 0 Å². The molecule has 1 aromatic rings. The van der Waals surface area contributed by atoms with Crippen LogP contribution in [0.1, 0.15) is 46.1 Å². The number of ether oxygens (including phenoxy) is 1. The zero-order valence-corrected chi connectivity index (χ0v) is 14.8. The van der Waals surface area contributed by atoms with Crippen LogP contribution < -0.4 is 10.1 Å². The van der Waals surface area contributed by atoms with Crippen LogP contribution in [0.2, 0.25) is 0 Å². The Morgan fingerprint density at radius 2 is 1.78 bits per heavy atom. The second-order valence-corrected chi connectivity index (χ2v) is 5.96. The van der Waals surface area contributed by atoms with E-state index in [0.29, 0.717) is 13.0 Å². The van der Waals surface area contributed by atoms with Crippen LogP contribution in [0.15, 0.2) is 24.3 Å². The summed E-state index contributed by atoms with van der Waals surface area (Å²) in [6, 6.07) is 7.09. The summed E-state index contributed by atoms with van der Waals surface area (Å²) in [5.74, 6) is 0.637. The highest BCUT2D eigenvalue weighted by molar-refractivity contribution is 5.87. The minimum Gasteiger partial charge on any atom is -0.497 e. The largest absolute Gasteiger partial charge is 0.497 e. The quantitative estimate of drug-likeness (QED) is 0.801. The molecule has 1 N–H and O–H groups in total. The Morgan fingerprint density at radius 3 is 2.26 bits per heavy atom. The van der Waals surface area contributed by atoms with E-state index in [1.54, 1.807) is 18.9 Å². The van der Waals surface area contributed by atoms with Gasteiger partial charge in [-0.25, -0.2) is 0 Å². The van der Waals surface area contributed by atoms with Crippen molar-refractivity contribution in [3.8, 4) is 5.75 Å². The lowest BCUT2D eigenvalue weighted by molar-refractivity contribution is -0.140. The number of hydrogen-bond acceptors (Lipinski definition) is 3. The molecule has 0 saturated carbocycles. The van der Waals surface area contributed by atoms with Gasteiger partial charge >= 0.3 is 0 Å². The first-order chi connectivity index (χ1) is 10.9. The molecule has 0 bridgehead atoms. The molecule has 1 aromatic carbocycles. The van der Waals surface area contributed by atoms with E-state index < -0.39 is 6.04 Å². The Bertz CT molecular complexity index is 512. The lowest BCUT2D eigenvalue weighted by Gasteiger charge is -2.29. The maximum Gasteiger partial charge on any atom is 0.242 e. The van der Waals surface area contributed by atoms with Crippen LogP contribution in [-0.4, -0.2) is 35.9 Å². The Balaban J connectivity index is 2.90. The van der Waals surface area contributed by atoms with Gasteiger partial charge in [0, 0.05) is 19.0 Å². The minimum absolute atomic E-state index is 0.00489. The standard InChI is InChI=1S/C18H28N2O3/c1-6-7-17(21)20(14(4)18(22)19-13(2)3)12-15-8-10-16(23-5)11-9-15/h8-11,13-14H,6-7,12H2,1-5H3,(H,19,22)/t14-/m1/s1. The molecule has 5 heteroatoms. The molecule has 5 nitrogen and oxygen atoms in total. The van der Waals surface area contributed by atoms with E-state index in [2.05, 4.69) is 5.32 Å². The van der Waals surface area contributed by atoms with E-state index >= 15 is 0 Å². The monoisotopic (exact) mass is 320 g/mol. The summed E-state index contributed by atoms with van der Waals surface area (Å²) in [6.45, 7) is 7.96. The van der Waals surface area contributed by atoms with E-state index in [9.17, 15) is 9.59 Å². The van der Waals surface area contributed by atoms with Crippen molar-refractivity contribution in [2.24, 2.45) is 0 Å². The number of carbonyl (C=O) groups excluding carboxylic acids is 2. The molecular weight excluding hydrogens is 292 g/mol. The number of nitrogens with zero attached hydrogens (tertiary/aromatic N) is 1. The summed E-state index contributed by atoms with van der Waals surface area (Å²) in [5, 5.41) is 2.87. The molecule has 0 spiro atoms. The first kappa shape index (κ1) is 19.0. The second-order valence-electron chi connectivity index (χ2n) is 5.96. The SMILES string of the molecule is CCCC(=O)N(Cc1ccc(OC)cc1)[C@H](C)C(=O)NC(C)C. The van der Waals surface area contributed by atoms with E-state index in [4.69, 9.17) is 4.74 Å². The Hall–Kier alpha value is -2.04. The maximum absolute atomic E-state index is 12.4. The molecule has 0 fully saturated rings. The predicted octanol–water partition coefficient (Wildman–Crippen LogP) is 2.74. The smallest absolute Gasteiger partial charge is 0.242 e. The minimum atomic E-state index is -0.501. The van der Waals surface area contributed by atoms with Crippen LogP contribution in [0.3, 0.4) is 0 Å². The highest BCUT2D eigenvalue weighted by Crippen LogP contribution is 2.16. The van der Waals surface area contributed by atoms with Crippen molar-refractivity contribution in [2.45, 2.75) is 59.2 Å². The lowest BCUT2D eigenvalue weighted by Crippen LogP contribution is -2.49. The van der Waals surface area contributed by atoms with Gasteiger partial charge in [-0.3, -0.25) is 9.59 Å². The molecule has 0 heterocycles. The van der Waals surface area contributed by atoms with Crippen molar-refractivity contribution in [1.82, 2.24) is 10.2 Å². The maximum atomic E-state index is 12.4. The summed E-state index contributed by atoms with van der Waals surface area (Å²) in [5.41, 5.74) is 0.972. The van der Waals surface area contributed by atoms with Crippen molar-refractivity contribution in [1.29, 1.82) is 0 Å². The van der Waals surface area contributed by atoms with Gasteiger partial charge in [-0.05, 0) is 44.9 Å². The summed E-state index contributed by atoms with van der Waals surface area (Å²) in [4.78, 5) is 26.3. The Kier molecular flexibility index (Phi) is 7.59. The fourth-order valence-corrected chi connectivity index (χ4v) is 2.27. The van der Waals surface area contributed by atoms with Crippen molar-refractivity contribution >= 4 is 11.8 Å². The molecule has 128 valence electrons. The number of rotatable bonds is 8. The average molecular weight is 320 g/mol. The fourth-order valence-electron chi connectivity index (χ4n) is 2.27. The molecule has 1 atom stereocenters. The van der Waals surface area contributed by atoms with Crippen LogP contribution in [-0.2, 0) is 16.1 Å². The van der Waals surface area contributed by atoms with Gasteiger partial charge < -0.3 is 15.0 Å². The van der Waals surface area contributed by atoms with Gasteiger partial charge in [-0.2, -0.15) is 0 Å². The van der Waals surface area contributed by atoms with Gasteiger partial charge in [0.1, 0.15) is 11.8 Å². The van der Waals surface area contributed by atoms with Crippen molar-refractivity contribution in [3.05, 3.63) is 29.8 Å². The third-order valence-corrected chi connectivity index (χ3v) is 3.57. The zero-order chi connectivity index (χ0) is 17.4. The molecule has 0 aliphatic rings. The van der Waals surface area contributed by atoms with Gasteiger partial charge in [0.25, 0.3) is 0 Å². The normalized spacial score (nSPS) is 11.9. The van der Waals surface area contributed by atoms with Gasteiger partial charge in [0.15, 0.2) is 0 Å². The number of methoxy groups -OCH3 is 1. The second kappa shape index (κ2) is 9.18. The summed E-state index contributed by atoms with van der Waals surface area (Å²) >= 11 is 0. The van der Waals surface area contributed by atoms with Gasteiger partial charge in [-0.1, -0.05) is 19.1 Å². The summed E-state index contributed by atoms with van der Waals surface area (Å²) < 4.78 is 5.14. The molecule has 0 aliphatic heterocycles. The third-order valence-electron chi connectivity index (χ3n) is 3.57. The van der Waals surface area contributed by atoms with Gasteiger partial charge in [-0.15, -0.1) is 0 Å². The predicted molar refractivity (Wildman–Crippen MR) is 91.2 cm³/mol. The molecule has 23 heavy (non-hydrogen) atoms. The average Bonchev–Trinajstić information content (AvgIpc) is 2.52. The fraction of sp³-hybridized carbons (Fsp3) is 0.556. The highest BCUT2D eigenvalue weighted by Gasteiger charge is 2.25. The molecule has 0 saturated heterocycles. The van der Waals surface area contributed by atoms with Crippen molar-refractivity contribution < 1.29 is 14.3 Å². The van der Waals surface area contributed by atoms with Crippen molar-refractivity contribution in [2.75, 3.05) is 7.11 Å². The number of benzene rings is 1. The third kappa shape index (κ3) is 5.93. The van der Waals surface area contributed by atoms with Crippen molar-refractivity contribution in [3.63, 3.8) is 0 Å². The molecule has 1 rings (SSSR count). The summed E-state index contributed by atoms with van der Waals surface area (Å²) in [7, 11) is 1.62. The Morgan fingerprint density at radius 1 is 1.17 bits per heavy atom. The number of carbonyl (C=O) groups is 2. The highest BCUT2D eigenvalue weighted by atomic mass is 16.5. The van der Waals surface area contributed by atoms with Gasteiger partial charge in [0.05, 0.1) is 7.11 Å². The molecule has 0 radical (unpaired) electrons. The summed E-state index contributed by atoms with van der Waals surface area (Å²) in [6.07, 6.45) is 1.20. The first-order valence-corrected chi connectivity index (χ1v) is 8.11. The first-order valence-electron chi connectivity index (χ1n) is 8.11. The molecule has 0 aliphatic carbocycles. The van der Waals surface area contributed by atoms with E-state index in [0.717, 1.165) is 17.7 Å². The molecule has 0 unspecified atom stereocenters. The lowest BCUT2D eigenvalue weighted by atomic mass is 10.1. The molecule has 2 amide bonds. The van der Waals surface area contributed by atoms with E-state index in [1.807, 2.05) is 45.0 Å². The van der Waals surface area contributed by atoms with Crippen LogP contribution in [0, 0.1) is 0 Å². The molecular formula is C18H28N2O3. The van der Waals surface area contributed by atoms with Crippen LogP contribution in [0.4, 0.5) is 0 Å². The van der Waals surface area contributed by atoms with E-state index in [1.165, 1.54) is 0 Å². The molecule has 0 aromatic heterocycles. The van der Waals surface area contributed by atoms with E-state index in [-0.39, 0.29) is 17.9 Å². The number of amides is 2. The van der Waals surface area contributed by atoms with Crippen LogP contribution >= 0.6 is 0 Å². The van der Waals surface area contributed by atoms with Gasteiger partial charge in [0.2, 0.25) is 11.8 Å². The van der Waals surface area contributed by atoms with Crippen LogP contribution in [0.5, 0.6) is 5.75 Å². The Labute approximate surface area is 139 Å². The zero-order valence-electron chi connectivity index (χ0n) is 14.8. The topological polar surface area (TPSA) is 58.6 Å². The number of hydrogen-bond donors (Lipinski definition) is 1. The number of nitrogens with one attached hydrogen (secondary N) is 1.